The maximum atomic E-state index is 15.1. The molecule has 1 aliphatic carbocycles. The van der Waals surface area contributed by atoms with Crippen molar-refractivity contribution >= 4 is 41.0 Å². The van der Waals surface area contributed by atoms with Gasteiger partial charge in [-0.15, -0.1) is 12.4 Å². The third kappa shape index (κ3) is 5.56. The number of halogens is 2. The van der Waals surface area contributed by atoms with Crippen LogP contribution in [0.1, 0.15) is 18.4 Å². The van der Waals surface area contributed by atoms with Gasteiger partial charge in [0.15, 0.2) is 11.6 Å². The van der Waals surface area contributed by atoms with Crippen molar-refractivity contribution in [2.75, 3.05) is 43.4 Å². The zero-order valence-electron chi connectivity index (χ0n) is 19.8. The average molecular weight is 510 g/mol. The van der Waals surface area contributed by atoms with Crippen LogP contribution in [0.25, 0.3) is 22.3 Å². The summed E-state index contributed by atoms with van der Waals surface area (Å²) < 4.78 is 15.1. The minimum atomic E-state index is -0.434. The van der Waals surface area contributed by atoms with E-state index in [2.05, 4.69) is 45.8 Å². The van der Waals surface area contributed by atoms with Crippen LogP contribution >= 0.6 is 12.4 Å². The first-order valence-corrected chi connectivity index (χ1v) is 12.1. The normalized spacial score (nSPS) is 16.0. The van der Waals surface area contributed by atoms with Crippen LogP contribution in [0.2, 0.25) is 0 Å². The standard InChI is InChI=1S/C25H28FN9.ClH/c26-22-23(30-15-31-24(22)29-13-16-1-2-16)18-3-4-19-20(12-18)33-25(32-19)34-21-11-17(5-6-28-21)14-35-9-7-27-8-10-35;/h3-6,11-12,15-16,27H,1-2,7-10,13-14H2,(H,29,30,31)(H2,28,32,33,34);1H. The number of piperazine rings is 1. The molecule has 11 heteroatoms. The molecule has 6 rings (SSSR count). The molecule has 4 N–H and O–H groups in total. The summed E-state index contributed by atoms with van der Waals surface area (Å²) >= 11 is 0. The van der Waals surface area contributed by atoms with Crippen molar-refractivity contribution in [1.29, 1.82) is 0 Å². The zero-order valence-corrected chi connectivity index (χ0v) is 20.6. The number of aromatic nitrogens is 5. The highest BCUT2D eigenvalue weighted by Gasteiger charge is 2.22. The number of aromatic amines is 1. The number of H-pyrrole nitrogens is 1. The van der Waals surface area contributed by atoms with Gasteiger partial charge in [-0.25, -0.2) is 24.3 Å². The third-order valence-corrected chi connectivity index (χ3v) is 6.49. The first-order valence-electron chi connectivity index (χ1n) is 12.1. The van der Waals surface area contributed by atoms with Gasteiger partial charge in [0.25, 0.3) is 0 Å². The Labute approximate surface area is 214 Å². The van der Waals surface area contributed by atoms with Crippen LogP contribution in [0, 0.1) is 11.7 Å². The number of benzene rings is 1. The second-order valence-corrected chi connectivity index (χ2v) is 9.23. The van der Waals surface area contributed by atoms with Gasteiger partial charge in [-0.2, -0.15) is 0 Å². The maximum absolute atomic E-state index is 15.1. The van der Waals surface area contributed by atoms with Gasteiger partial charge in [-0.3, -0.25) is 4.90 Å². The van der Waals surface area contributed by atoms with Crippen LogP contribution in [0.4, 0.5) is 22.0 Å². The molecular weight excluding hydrogens is 481 g/mol. The molecule has 36 heavy (non-hydrogen) atoms. The van der Waals surface area contributed by atoms with Crippen molar-refractivity contribution in [1.82, 2.24) is 35.1 Å². The van der Waals surface area contributed by atoms with Gasteiger partial charge < -0.3 is 20.9 Å². The number of hydrogen-bond acceptors (Lipinski definition) is 8. The predicted molar refractivity (Wildman–Crippen MR) is 141 cm³/mol. The minimum absolute atomic E-state index is 0. The topological polar surface area (TPSA) is 107 Å². The zero-order chi connectivity index (χ0) is 23.6. The number of nitrogens with zero attached hydrogens (tertiary/aromatic N) is 5. The Morgan fingerprint density at radius 3 is 2.75 bits per heavy atom. The van der Waals surface area contributed by atoms with Crippen molar-refractivity contribution in [3.05, 3.63) is 54.2 Å². The molecule has 4 aromatic rings. The van der Waals surface area contributed by atoms with E-state index in [1.807, 2.05) is 36.5 Å². The highest BCUT2D eigenvalue weighted by molar-refractivity contribution is 5.85. The molecule has 0 spiro atoms. The fourth-order valence-electron chi connectivity index (χ4n) is 4.36. The Morgan fingerprint density at radius 1 is 1.06 bits per heavy atom. The Balaban J connectivity index is 0.00000267. The van der Waals surface area contributed by atoms with E-state index in [1.165, 1.54) is 24.7 Å². The highest BCUT2D eigenvalue weighted by Crippen LogP contribution is 2.31. The van der Waals surface area contributed by atoms with Crippen LogP contribution in [-0.4, -0.2) is 62.5 Å². The number of nitrogens with one attached hydrogen (secondary N) is 4. The van der Waals surface area contributed by atoms with Crippen molar-refractivity contribution in [3.63, 3.8) is 0 Å². The molecule has 1 aliphatic heterocycles. The van der Waals surface area contributed by atoms with E-state index >= 15 is 4.39 Å². The predicted octanol–water partition coefficient (Wildman–Crippen LogP) is 3.95. The van der Waals surface area contributed by atoms with Crippen LogP contribution in [-0.2, 0) is 6.54 Å². The molecule has 1 saturated carbocycles. The maximum Gasteiger partial charge on any atom is 0.206 e. The molecule has 0 unspecified atom stereocenters. The van der Waals surface area contributed by atoms with Crippen molar-refractivity contribution in [3.8, 4) is 11.3 Å². The molecule has 0 amide bonds. The van der Waals surface area contributed by atoms with Gasteiger partial charge in [0, 0.05) is 51.0 Å². The Hall–Kier alpha value is -3.34. The molecule has 0 bridgehead atoms. The van der Waals surface area contributed by atoms with Gasteiger partial charge in [0.2, 0.25) is 5.95 Å². The van der Waals surface area contributed by atoms with Gasteiger partial charge in [-0.1, -0.05) is 6.07 Å². The van der Waals surface area contributed by atoms with E-state index in [0.29, 0.717) is 17.4 Å². The number of anilines is 3. The van der Waals surface area contributed by atoms with E-state index < -0.39 is 5.82 Å². The lowest BCUT2D eigenvalue weighted by Gasteiger charge is -2.27. The molecule has 2 aliphatic rings. The fraction of sp³-hybridized carbons (Fsp3) is 0.360. The van der Waals surface area contributed by atoms with Crippen molar-refractivity contribution in [2.24, 2.45) is 5.92 Å². The van der Waals surface area contributed by atoms with Crippen molar-refractivity contribution in [2.45, 2.75) is 19.4 Å². The second-order valence-electron chi connectivity index (χ2n) is 9.23. The molecule has 3 aromatic heterocycles. The summed E-state index contributed by atoms with van der Waals surface area (Å²) in [5.74, 6) is 1.75. The Morgan fingerprint density at radius 2 is 1.92 bits per heavy atom. The molecule has 1 aromatic carbocycles. The molecule has 0 atom stereocenters. The number of imidazole rings is 1. The van der Waals surface area contributed by atoms with Crippen LogP contribution in [0.3, 0.4) is 0 Å². The van der Waals surface area contributed by atoms with Crippen LogP contribution in [0.5, 0.6) is 0 Å². The highest BCUT2D eigenvalue weighted by atomic mass is 35.5. The Bertz CT molecular complexity index is 1330. The summed E-state index contributed by atoms with van der Waals surface area (Å²) in [5.41, 5.74) is 3.69. The van der Waals surface area contributed by atoms with Gasteiger partial charge in [0.05, 0.1) is 11.0 Å². The largest absolute Gasteiger partial charge is 0.367 e. The monoisotopic (exact) mass is 509 g/mol. The molecule has 9 nitrogen and oxygen atoms in total. The summed E-state index contributed by atoms with van der Waals surface area (Å²) in [7, 11) is 0. The number of hydrogen-bond donors (Lipinski definition) is 4. The van der Waals surface area contributed by atoms with Crippen molar-refractivity contribution < 1.29 is 4.39 Å². The number of fused-ring (bicyclic) bond motifs is 1. The van der Waals surface area contributed by atoms with Gasteiger partial charge in [0.1, 0.15) is 17.8 Å². The SMILES string of the molecule is Cl.Fc1c(NCC2CC2)ncnc1-c1ccc2nc(Nc3cc(CN4CCNCC4)ccn3)[nH]c2c1. The summed E-state index contributed by atoms with van der Waals surface area (Å²) in [6.45, 7) is 5.77. The lowest BCUT2D eigenvalue weighted by molar-refractivity contribution is 0.233. The van der Waals surface area contributed by atoms with Crippen LogP contribution < -0.4 is 16.0 Å². The second kappa shape index (κ2) is 10.7. The van der Waals surface area contributed by atoms with E-state index in [1.54, 1.807) is 0 Å². The summed E-state index contributed by atoms with van der Waals surface area (Å²) in [4.78, 5) is 23.0. The van der Waals surface area contributed by atoms with Gasteiger partial charge in [-0.05, 0) is 48.6 Å². The quantitative estimate of drug-likeness (QED) is 0.283. The first kappa shape index (κ1) is 24.4. The van der Waals surface area contributed by atoms with E-state index in [0.717, 1.165) is 56.1 Å². The third-order valence-electron chi connectivity index (χ3n) is 6.49. The van der Waals surface area contributed by atoms with Crippen LogP contribution in [0.15, 0.2) is 42.9 Å². The van der Waals surface area contributed by atoms with Gasteiger partial charge >= 0.3 is 0 Å². The van der Waals surface area contributed by atoms with E-state index in [4.69, 9.17) is 0 Å². The number of pyridine rings is 1. The summed E-state index contributed by atoms with van der Waals surface area (Å²) in [5, 5.41) is 9.76. The summed E-state index contributed by atoms with van der Waals surface area (Å²) in [6, 6.07) is 9.64. The Kier molecular flexibility index (Phi) is 7.26. The molecule has 1 saturated heterocycles. The van der Waals surface area contributed by atoms with E-state index in [9.17, 15) is 0 Å². The molecule has 4 heterocycles. The molecule has 0 radical (unpaired) electrons. The first-order chi connectivity index (χ1) is 17.2. The molecule has 2 fully saturated rings. The molecular formula is C25H29ClFN9. The summed E-state index contributed by atoms with van der Waals surface area (Å²) in [6.07, 6.45) is 5.59. The lowest BCUT2D eigenvalue weighted by atomic mass is 10.1. The average Bonchev–Trinajstić information content (AvgIpc) is 3.62. The lowest BCUT2D eigenvalue weighted by Crippen LogP contribution is -2.42. The van der Waals surface area contributed by atoms with E-state index in [-0.39, 0.29) is 23.9 Å². The molecule has 188 valence electrons. The fourth-order valence-corrected chi connectivity index (χ4v) is 4.36. The number of rotatable bonds is 8. The smallest absolute Gasteiger partial charge is 0.206 e. The minimum Gasteiger partial charge on any atom is -0.367 e.